The lowest BCUT2D eigenvalue weighted by Gasteiger charge is -2.37. The van der Waals surface area contributed by atoms with Crippen molar-refractivity contribution in [1.29, 1.82) is 0 Å². The fourth-order valence-electron chi connectivity index (χ4n) is 4.28. The normalized spacial score (nSPS) is 15.1. The first-order valence-electron chi connectivity index (χ1n) is 11.9. The van der Waals surface area contributed by atoms with Crippen LogP contribution in [0.15, 0.2) is 72.8 Å². The van der Waals surface area contributed by atoms with Gasteiger partial charge in [-0.05, 0) is 48.4 Å². The molecule has 184 valence electrons. The van der Waals surface area contributed by atoms with Gasteiger partial charge in [0.1, 0.15) is 24.3 Å². The fraction of sp³-hybridized carbons (Fsp3) is 0.321. The van der Waals surface area contributed by atoms with E-state index in [1.165, 1.54) is 12.1 Å². The Kier molecular flexibility index (Phi) is 8.74. The molecule has 1 saturated heterocycles. The summed E-state index contributed by atoms with van der Waals surface area (Å²) in [6.07, 6.45) is 0.143. The molecule has 3 aromatic rings. The highest BCUT2D eigenvalue weighted by molar-refractivity contribution is 6.33. The zero-order valence-corrected chi connectivity index (χ0v) is 20.3. The predicted octanol–water partition coefficient (Wildman–Crippen LogP) is 4.86. The van der Waals surface area contributed by atoms with Crippen LogP contribution in [-0.4, -0.2) is 61.2 Å². The minimum atomic E-state index is -0.677. The maximum atomic E-state index is 13.1. The number of carbonyl (C=O) groups is 1. The number of para-hydroxylation sites is 2. The molecule has 0 amide bonds. The predicted molar refractivity (Wildman–Crippen MR) is 137 cm³/mol. The third-order valence-corrected chi connectivity index (χ3v) is 6.53. The Balaban J connectivity index is 1.25. The zero-order valence-electron chi connectivity index (χ0n) is 19.6. The van der Waals surface area contributed by atoms with Crippen molar-refractivity contribution in [2.24, 2.45) is 0 Å². The number of hydrogen-bond acceptors (Lipinski definition) is 5. The summed E-state index contributed by atoms with van der Waals surface area (Å²) in [6, 6.07) is 21.1. The molecule has 1 N–H and O–H groups in total. The highest BCUT2D eigenvalue weighted by Gasteiger charge is 2.21. The molecule has 1 unspecified atom stereocenters. The summed E-state index contributed by atoms with van der Waals surface area (Å²) in [6.45, 7) is 3.91. The summed E-state index contributed by atoms with van der Waals surface area (Å²) >= 11 is 6.32. The summed E-state index contributed by atoms with van der Waals surface area (Å²) < 4.78 is 19.0. The molecule has 1 aliphatic rings. The number of β-amino-alcohol motifs (C(OH)–C–C–N with tert-alkyl or cyclic N) is 1. The fourth-order valence-corrected chi connectivity index (χ4v) is 4.54. The number of aryl methyl sites for hydroxylation is 1. The SMILES string of the molecule is O=C(CCc1ccc(F)cc1)c1ccccc1OCC(O)CN1CCN(c2ccccc2Cl)CC1. The zero-order chi connectivity index (χ0) is 24.6. The number of ketones is 1. The van der Waals surface area contributed by atoms with Crippen molar-refractivity contribution in [3.8, 4) is 5.75 Å². The van der Waals surface area contributed by atoms with Crippen LogP contribution in [0.1, 0.15) is 22.3 Å². The molecule has 1 heterocycles. The van der Waals surface area contributed by atoms with E-state index < -0.39 is 6.10 Å². The van der Waals surface area contributed by atoms with Crippen molar-refractivity contribution in [2.75, 3.05) is 44.2 Å². The summed E-state index contributed by atoms with van der Waals surface area (Å²) in [5.41, 5.74) is 2.44. The Morgan fingerprint density at radius 2 is 1.66 bits per heavy atom. The quantitative estimate of drug-likeness (QED) is 0.406. The van der Waals surface area contributed by atoms with Gasteiger partial charge in [0, 0.05) is 39.1 Å². The van der Waals surface area contributed by atoms with E-state index in [-0.39, 0.29) is 18.2 Å². The molecule has 3 aromatic carbocycles. The van der Waals surface area contributed by atoms with Gasteiger partial charge in [0.2, 0.25) is 0 Å². The molecule has 1 aliphatic heterocycles. The number of anilines is 1. The van der Waals surface area contributed by atoms with E-state index >= 15 is 0 Å². The number of carbonyl (C=O) groups excluding carboxylic acids is 1. The Labute approximate surface area is 210 Å². The number of aliphatic hydroxyl groups excluding tert-OH is 1. The van der Waals surface area contributed by atoms with Crippen molar-refractivity contribution in [2.45, 2.75) is 18.9 Å². The van der Waals surface area contributed by atoms with Gasteiger partial charge in [-0.15, -0.1) is 0 Å². The smallest absolute Gasteiger partial charge is 0.166 e. The number of aliphatic hydroxyl groups is 1. The topological polar surface area (TPSA) is 53.0 Å². The average molecular weight is 497 g/mol. The largest absolute Gasteiger partial charge is 0.490 e. The first kappa shape index (κ1) is 25.2. The number of halogens is 2. The molecular weight excluding hydrogens is 467 g/mol. The van der Waals surface area contributed by atoms with Crippen LogP contribution >= 0.6 is 11.6 Å². The molecule has 0 bridgehead atoms. The van der Waals surface area contributed by atoms with Gasteiger partial charge in [0.15, 0.2) is 5.78 Å². The molecule has 7 heteroatoms. The van der Waals surface area contributed by atoms with Crippen LogP contribution in [0.3, 0.4) is 0 Å². The number of Topliss-reactive ketones (excluding diaryl/α,β-unsaturated/α-hetero) is 1. The van der Waals surface area contributed by atoms with E-state index in [2.05, 4.69) is 9.80 Å². The molecule has 0 spiro atoms. The van der Waals surface area contributed by atoms with Gasteiger partial charge in [0.25, 0.3) is 0 Å². The van der Waals surface area contributed by atoms with Crippen LogP contribution in [0.2, 0.25) is 5.02 Å². The van der Waals surface area contributed by atoms with Gasteiger partial charge in [-0.2, -0.15) is 0 Å². The standard InChI is InChI=1S/C28H30ClFN2O3/c29-25-6-2-3-7-26(25)32-17-15-31(16-18-32)19-23(33)20-35-28-8-4-1-5-24(28)27(34)14-11-21-9-12-22(30)13-10-21/h1-10,12-13,23,33H,11,14-20H2. The maximum Gasteiger partial charge on any atom is 0.166 e. The Morgan fingerprint density at radius 3 is 2.40 bits per heavy atom. The molecule has 0 aromatic heterocycles. The van der Waals surface area contributed by atoms with E-state index in [1.54, 1.807) is 30.3 Å². The third-order valence-electron chi connectivity index (χ3n) is 6.21. The average Bonchev–Trinajstić information content (AvgIpc) is 2.88. The first-order chi connectivity index (χ1) is 17.0. The minimum absolute atomic E-state index is 0.0462. The van der Waals surface area contributed by atoms with E-state index in [1.807, 2.05) is 30.3 Å². The van der Waals surface area contributed by atoms with Crippen LogP contribution < -0.4 is 9.64 Å². The van der Waals surface area contributed by atoms with Gasteiger partial charge in [-0.25, -0.2) is 4.39 Å². The minimum Gasteiger partial charge on any atom is -0.490 e. The summed E-state index contributed by atoms with van der Waals surface area (Å²) in [5.74, 6) is 0.133. The van der Waals surface area contributed by atoms with Crippen molar-refractivity contribution in [3.05, 3.63) is 94.8 Å². The van der Waals surface area contributed by atoms with Crippen LogP contribution in [0.4, 0.5) is 10.1 Å². The van der Waals surface area contributed by atoms with Gasteiger partial charge < -0.3 is 14.7 Å². The molecule has 0 saturated carbocycles. The molecule has 35 heavy (non-hydrogen) atoms. The lowest BCUT2D eigenvalue weighted by atomic mass is 10.0. The van der Waals surface area contributed by atoms with Gasteiger partial charge >= 0.3 is 0 Å². The highest BCUT2D eigenvalue weighted by Crippen LogP contribution is 2.26. The first-order valence-corrected chi connectivity index (χ1v) is 12.3. The number of piperazine rings is 1. The number of ether oxygens (including phenoxy) is 1. The van der Waals surface area contributed by atoms with Gasteiger partial charge in [0.05, 0.1) is 16.3 Å². The third kappa shape index (κ3) is 7.04. The Morgan fingerprint density at radius 1 is 0.971 bits per heavy atom. The van der Waals surface area contributed by atoms with Crippen molar-refractivity contribution in [3.63, 3.8) is 0 Å². The van der Waals surface area contributed by atoms with E-state index in [0.717, 1.165) is 42.5 Å². The maximum absolute atomic E-state index is 13.1. The number of hydrogen-bond donors (Lipinski definition) is 1. The second kappa shape index (κ2) is 12.2. The second-order valence-electron chi connectivity index (χ2n) is 8.75. The number of benzene rings is 3. The van der Waals surface area contributed by atoms with Crippen LogP contribution in [0, 0.1) is 5.82 Å². The molecule has 4 rings (SSSR count). The Bertz CT molecular complexity index is 1120. The van der Waals surface area contributed by atoms with Crippen molar-refractivity contribution >= 4 is 23.1 Å². The molecule has 1 fully saturated rings. The highest BCUT2D eigenvalue weighted by atomic mass is 35.5. The van der Waals surface area contributed by atoms with Crippen molar-refractivity contribution in [1.82, 2.24) is 4.90 Å². The van der Waals surface area contributed by atoms with Gasteiger partial charge in [-0.3, -0.25) is 9.69 Å². The Hall–Kier alpha value is -2.93. The van der Waals surface area contributed by atoms with E-state index in [4.69, 9.17) is 16.3 Å². The lowest BCUT2D eigenvalue weighted by molar-refractivity contribution is 0.0655. The summed E-state index contributed by atoms with van der Waals surface area (Å²) in [7, 11) is 0. The second-order valence-corrected chi connectivity index (χ2v) is 9.16. The molecule has 5 nitrogen and oxygen atoms in total. The lowest BCUT2D eigenvalue weighted by Crippen LogP contribution is -2.49. The summed E-state index contributed by atoms with van der Waals surface area (Å²) in [4.78, 5) is 17.3. The van der Waals surface area contributed by atoms with Crippen molar-refractivity contribution < 1.29 is 19.0 Å². The molecule has 0 radical (unpaired) electrons. The van der Waals surface area contributed by atoms with Crippen LogP contribution in [0.25, 0.3) is 0 Å². The molecule has 1 atom stereocenters. The monoisotopic (exact) mass is 496 g/mol. The van der Waals surface area contributed by atoms with Crippen LogP contribution in [-0.2, 0) is 6.42 Å². The molecular formula is C28H30ClFN2O3. The van der Waals surface area contributed by atoms with Crippen LogP contribution in [0.5, 0.6) is 5.75 Å². The van der Waals surface area contributed by atoms with Gasteiger partial charge in [-0.1, -0.05) is 48.0 Å². The number of nitrogens with zero attached hydrogens (tertiary/aromatic N) is 2. The van der Waals surface area contributed by atoms with E-state index in [9.17, 15) is 14.3 Å². The molecule has 0 aliphatic carbocycles. The van der Waals surface area contributed by atoms with E-state index in [0.29, 0.717) is 30.7 Å². The number of rotatable bonds is 10. The summed E-state index contributed by atoms with van der Waals surface area (Å²) in [5, 5.41) is 11.3.